The third-order valence-corrected chi connectivity index (χ3v) is 1.85. The number of aliphatic hydroxyl groups is 1. The summed E-state index contributed by atoms with van der Waals surface area (Å²) in [7, 11) is 0. The summed E-state index contributed by atoms with van der Waals surface area (Å²) < 4.78 is 36.0. The lowest BCUT2D eigenvalue weighted by molar-refractivity contribution is -0.206. The van der Waals surface area contributed by atoms with Crippen molar-refractivity contribution in [3.63, 3.8) is 0 Å². The molecule has 1 nitrogen and oxygen atoms in total. The van der Waals surface area contributed by atoms with Crippen molar-refractivity contribution in [3.05, 3.63) is 34.9 Å². The first-order valence-corrected chi connectivity index (χ1v) is 3.80. The highest BCUT2D eigenvalue weighted by atomic mass is 35.5. The minimum absolute atomic E-state index is 0.0904. The van der Waals surface area contributed by atoms with Gasteiger partial charge in [0.1, 0.15) is 0 Å². The third kappa shape index (κ3) is 2.35. The Bertz CT molecular complexity index is 298. The molecule has 0 aromatic heterocycles. The third-order valence-electron chi connectivity index (χ3n) is 1.51. The van der Waals surface area contributed by atoms with Gasteiger partial charge in [-0.1, -0.05) is 29.8 Å². The van der Waals surface area contributed by atoms with Crippen LogP contribution in [0.4, 0.5) is 13.2 Å². The van der Waals surface area contributed by atoms with Gasteiger partial charge < -0.3 is 5.11 Å². The molecule has 0 saturated heterocycles. The van der Waals surface area contributed by atoms with Gasteiger partial charge in [0.05, 0.1) is 0 Å². The Labute approximate surface area is 77.8 Å². The first-order chi connectivity index (χ1) is 5.93. The van der Waals surface area contributed by atoms with Crippen molar-refractivity contribution < 1.29 is 18.3 Å². The molecular formula is C8H6ClF3O. The highest BCUT2D eigenvalue weighted by molar-refractivity contribution is 6.31. The van der Waals surface area contributed by atoms with Gasteiger partial charge in [0, 0.05) is 10.6 Å². The van der Waals surface area contributed by atoms with Gasteiger partial charge in [-0.25, -0.2) is 0 Å². The minimum atomic E-state index is -4.68. The van der Waals surface area contributed by atoms with Crippen LogP contribution >= 0.6 is 11.6 Å². The second-order valence-electron chi connectivity index (χ2n) is 2.47. The second kappa shape index (κ2) is 3.55. The van der Waals surface area contributed by atoms with E-state index >= 15 is 0 Å². The fourth-order valence-corrected chi connectivity index (χ4v) is 1.11. The van der Waals surface area contributed by atoms with Gasteiger partial charge in [0.25, 0.3) is 0 Å². The maximum absolute atomic E-state index is 12.0. The Kier molecular flexibility index (Phi) is 2.83. The SMILES string of the molecule is O[C@H](c1ccccc1Cl)C(F)(F)F. The van der Waals surface area contributed by atoms with E-state index in [1.54, 1.807) is 0 Å². The number of hydrogen-bond donors (Lipinski definition) is 1. The molecule has 0 bridgehead atoms. The summed E-state index contributed by atoms with van der Waals surface area (Å²) in [5.74, 6) is 0. The van der Waals surface area contributed by atoms with Crippen LogP contribution < -0.4 is 0 Å². The van der Waals surface area contributed by atoms with E-state index < -0.39 is 12.3 Å². The molecule has 0 radical (unpaired) electrons. The van der Waals surface area contributed by atoms with E-state index in [1.807, 2.05) is 0 Å². The van der Waals surface area contributed by atoms with Gasteiger partial charge in [-0.05, 0) is 6.07 Å². The zero-order valence-electron chi connectivity index (χ0n) is 6.35. The van der Waals surface area contributed by atoms with Crippen LogP contribution in [0.3, 0.4) is 0 Å². The molecule has 1 aromatic rings. The van der Waals surface area contributed by atoms with Gasteiger partial charge >= 0.3 is 6.18 Å². The van der Waals surface area contributed by atoms with E-state index in [9.17, 15) is 13.2 Å². The monoisotopic (exact) mass is 210 g/mol. The lowest BCUT2D eigenvalue weighted by Gasteiger charge is -2.15. The van der Waals surface area contributed by atoms with Crippen molar-refractivity contribution in [1.82, 2.24) is 0 Å². The van der Waals surface area contributed by atoms with Gasteiger partial charge in [0.15, 0.2) is 6.10 Å². The molecule has 72 valence electrons. The predicted octanol–water partition coefficient (Wildman–Crippen LogP) is 2.94. The number of halogens is 4. The van der Waals surface area contributed by atoms with Crippen LogP contribution in [0.15, 0.2) is 24.3 Å². The average molecular weight is 211 g/mol. The Morgan fingerprint density at radius 3 is 2.23 bits per heavy atom. The summed E-state index contributed by atoms with van der Waals surface area (Å²) in [4.78, 5) is 0. The molecule has 0 saturated carbocycles. The van der Waals surface area contributed by atoms with Crippen molar-refractivity contribution in [2.24, 2.45) is 0 Å². The molecule has 0 fully saturated rings. The lowest BCUT2D eigenvalue weighted by atomic mass is 10.1. The molecule has 0 spiro atoms. The summed E-state index contributed by atoms with van der Waals surface area (Å²) in [6.07, 6.45) is -7.19. The molecule has 1 N–H and O–H groups in total. The standard InChI is InChI=1S/C8H6ClF3O/c9-6-4-2-1-3-5(6)7(13)8(10,11)12/h1-4,7,13H/t7-/m1/s1. The molecule has 1 aromatic carbocycles. The molecule has 13 heavy (non-hydrogen) atoms. The van der Waals surface area contributed by atoms with E-state index in [0.29, 0.717) is 0 Å². The fraction of sp³-hybridized carbons (Fsp3) is 0.250. The van der Waals surface area contributed by atoms with E-state index in [4.69, 9.17) is 16.7 Å². The predicted molar refractivity (Wildman–Crippen MR) is 42.5 cm³/mol. The Morgan fingerprint density at radius 2 is 1.77 bits per heavy atom. The zero-order valence-corrected chi connectivity index (χ0v) is 7.10. The van der Waals surface area contributed by atoms with Gasteiger partial charge in [-0.2, -0.15) is 13.2 Å². The molecule has 0 heterocycles. The van der Waals surface area contributed by atoms with E-state index in [-0.39, 0.29) is 10.6 Å². The van der Waals surface area contributed by atoms with Crippen molar-refractivity contribution in [3.8, 4) is 0 Å². The molecule has 5 heteroatoms. The normalized spacial score (nSPS) is 14.2. The van der Waals surface area contributed by atoms with Crippen molar-refractivity contribution in [1.29, 1.82) is 0 Å². The number of alkyl halides is 3. The molecule has 0 aliphatic heterocycles. The van der Waals surface area contributed by atoms with E-state index in [1.165, 1.54) is 18.2 Å². The van der Waals surface area contributed by atoms with Gasteiger partial charge in [-0.3, -0.25) is 0 Å². The summed E-state index contributed by atoms with van der Waals surface area (Å²) in [6.45, 7) is 0. The average Bonchev–Trinajstić information content (AvgIpc) is 2.02. The zero-order chi connectivity index (χ0) is 10.1. The van der Waals surface area contributed by atoms with Gasteiger partial charge in [-0.15, -0.1) is 0 Å². The van der Waals surface area contributed by atoms with E-state index in [0.717, 1.165) is 6.07 Å². The van der Waals surface area contributed by atoms with Crippen LogP contribution in [0.1, 0.15) is 11.7 Å². The Balaban J connectivity index is 3.02. The van der Waals surface area contributed by atoms with Crippen LogP contribution in [-0.2, 0) is 0 Å². The van der Waals surface area contributed by atoms with Crippen LogP contribution in [0.2, 0.25) is 5.02 Å². The maximum Gasteiger partial charge on any atom is 0.418 e. The first kappa shape index (κ1) is 10.3. The molecular weight excluding hydrogens is 205 g/mol. The number of hydrogen-bond acceptors (Lipinski definition) is 1. The smallest absolute Gasteiger partial charge is 0.379 e. The molecule has 0 aliphatic carbocycles. The quantitative estimate of drug-likeness (QED) is 0.756. The number of aliphatic hydroxyl groups excluding tert-OH is 1. The summed E-state index contributed by atoms with van der Waals surface area (Å²) in [5, 5.41) is 8.74. The van der Waals surface area contributed by atoms with Crippen LogP contribution in [-0.4, -0.2) is 11.3 Å². The van der Waals surface area contributed by atoms with Crippen LogP contribution in [0, 0.1) is 0 Å². The molecule has 1 rings (SSSR count). The largest absolute Gasteiger partial charge is 0.418 e. The van der Waals surface area contributed by atoms with Crippen LogP contribution in [0.5, 0.6) is 0 Å². The van der Waals surface area contributed by atoms with Crippen molar-refractivity contribution in [2.45, 2.75) is 12.3 Å². The number of rotatable bonds is 1. The first-order valence-electron chi connectivity index (χ1n) is 3.42. The summed E-state index contributed by atoms with van der Waals surface area (Å²) in [5.41, 5.74) is -0.323. The second-order valence-corrected chi connectivity index (χ2v) is 2.87. The highest BCUT2D eigenvalue weighted by Gasteiger charge is 2.40. The highest BCUT2D eigenvalue weighted by Crippen LogP contribution is 2.35. The molecule has 0 aliphatic rings. The van der Waals surface area contributed by atoms with Crippen LogP contribution in [0.25, 0.3) is 0 Å². The summed E-state index contributed by atoms with van der Waals surface area (Å²) in [6, 6.07) is 5.32. The maximum atomic E-state index is 12.0. The Morgan fingerprint density at radius 1 is 1.23 bits per heavy atom. The minimum Gasteiger partial charge on any atom is -0.379 e. The number of benzene rings is 1. The van der Waals surface area contributed by atoms with Gasteiger partial charge in [0.2, 0.25) is 0 Å². The Hall–Kier alpha value is -0.740. The topological polar surface area (TPSA) is 20.2 Å². The van der Waals surface area contributed by atoms with Crippen molar-refractivity contribution >= 4 is 11.6 Å². The fourth-order valence-electron chi connectivity index (χ4n) is 0.873. The lowest BCUT2D eigenvalue weighted by Crippen LogP contribution is -2.20. The van der Waals surface area contributed by atoms with E-state index in [2.05, 4.69) is 0 Å². The molecule has 0 amide bonds. The molecule has 1 atom stereocenters. The molecule has 0 unspecified atom stereocenters. The van der Waals surface area contributed by atoms with Crippen molar-refractivity contribution in [2.75, 3.05) is 0 Å². The summed E-state index contributed by atoms with van der Waals surface area (Å²) >= 11 is 5.47.